The number of carbonyl (C=O) groups excluding carboxylic acids is 1. The van der Waals surface area contributed by atoms with E-state index < -0.39 is 0 Å². The summed E-state index contributed by atoms with van der Waals surface area (Å²) >= 11 is 0. The standard InChI is InChI=1S/C14H27NO/c1-13(2,3)12(16)7-10-15-9-6-8-14(4,5)11-15/h6-11H2,1-5H3. The zero-order chi connectivity index (χ0) is 12.4. The highest BCUT2D eigenvalue weighted by Crippen LogP contribution is 2.28. The summed E-state index contributed by atoms with van der Waals surface area (Å²) in [6, 6.07) is 0. The zero-order valence-electron chi connectivity index (χ0n) is 11.6. The molecule has 16 heavy (non-hydrogen) atoms. The van der Waals surface area contributed by atoms with Crippen molar-refractivity contribution in [2.45, 2.75) is 53.9 Å². The van der Waals surface area contributed by atoms with E-state index in [1.807, 2.05) is 20.8 Å². The molecule has 1 aliphatic heterocycles. The molecule has 0 radical (unpaired) electrons. The maximum Gasteiger partial charge on any atom is 0.139 e. The van der Waals surface area contributed by atoms with Crippen LogP contribution in [-0.4, -0.2) is 30.3 Å². The molecule has 1 fully saturated rings. The molecule has 1 rings (SSSR count). The SMILES string of the molecule is CC1(C)CCCN(CCC(=O)C(C)(C)C)C1. The van der Waals surface area contributed by atoms with Gasteiger partial charge in [0, 0.05) is 24.9 Å². The number of hydrogen-bond acceptors (Lipinski definition) is 2. The summed E-state index contributed by atoms with van der Waals surface area (Å²) in [4.78, 5) is 14.3. The fourth-order valence-corrected chi connectivity index (χ4v) is 2.37. The first kappa shape index (κ1) is 13.7. The van der Waals surface area contributed by atoms with Gasteiger partial charge >= 0.3 is 0 Å². The summed E-state index contributed by atoms with van der Waals surface area (Å²) in [6.45, 7) is 13.9. The number of hydrogen-bond donors (Lipinski definition) is 0. The van der Waals surface area contributed by atoms with Crippen LogP contribution in [0.15, 0.2) is 0 Å². The lowest BCUT2D eigenvalue weighted by Crippen LogP contribution is -2.41. The van der Waals surface area contributed by atoms with Gasteiger partial charge in [0.2, 0.25) is 0 Å². The molecule has 0 N–H and O–H groups in total. The Kier molecular flexibility index (Phi) is 4.17. The largest absolute Gasteiger partial charge is 0.302 e. The highest BCUT2D eigenvalue weighted by molar-refractivity contribution is 5.83. The molecule has 0 spiro atoms. The first-order valence-corrected chi connectivity index (χ1v) is 6.46. The van der Waals surface area contributed by atoms with Crippen molar-refractivity contribution < 1.29 is 4.79 Å². The summed E-state index contributed by atoms with van der Waals surface area (Å²) in [7, 11) is 0. The predicted molar refractivity (Wildman–Crippen MR) is 68.5 cm³/mol. The summed E-state index contributed by atoms with van der Waals surface area (Å²) in [6.07, 6.45) is 3.30. The molecule has 0 amide bonds. The van der Waals surface area contributed by atoms with Crippen LogP contribution < -0.4 is 0 Å². The second-order valence-corrected chi connectivity index (χ2v) is 6.97. The Labute approximate surface area is 100 Å². The fraction of sp³-hybridized carbons (Fsp3) is 0.929. The number of Topliss-reactive ketones (excluding diaryl/α,β-unsaturated/α-hetero) is 1. The van der Waals surface area contributed by atoms with E-state index in [4.69, 9.17) is 0 Å². The molecule has 0 aromatic carbocycles. The van der Waals surface area contributed by atoms with E-state index in [1.165, 1.54) is 19.4 Å². The predicted octanol–water partition coefficient (Wildman–Crippen LogP) is 3.11. The normalized spacial score (nSPS) is 22.1. The van der Waals surface area contributed by atoms with Crippen molar-refractivity contribution in [1.82, 2.24) is 4.90 Å². The number of carbonyl (C=O) groups is 1. The number of piperidine rings is 1. The van der Waals surface area contributed by atoms with E-state index in [9.17, 15) is 4.79 Å². The van der Waals surface area contributed by atoms with Gasteiger partial charge in [-0.25, -0.2) is 0 Å². The van der Waals surface area contributed by atoms with Crippen molar-refractivity contribution in [3.05, 3.63) is 0 Å². The third-order valence-electron chi connectivity index (χ3n) is 3.47. The lowest BCUT2D eigenvalue weighted by atomic mass is 9.83. The van der Waals surface area contributed by atoms with Crippen LogP contribution in [-0.2, 0) is 4.79 Å². The Morgan fingerprint density at radius 2 is 1.94 bits per heavy atom. The number of ketones is 1. The Bertz CT molecular complexity index is 250. The third kappa shape index (κ3) is 4.25. The van der Waals surface area contributed by atoms with Crippen LogP contribution in [0.2, 0.25) is 0 Å². The summed E-state index contributed by atoms with van der Waals surface area (Å²) in [5.41, 5.74) is 0.258. The minimum Gasteiger partial charge on any atom is -0.302 e. The molecule has 0 unspecified atom stereocenters. The monoisotopic (exact) mass is 225 g/mol. The second kappa shape index (κ2) is 4.87. The van der Waals surface area contributed by atoms with Gasteiger partial charge in [0.25, 0.3) is 0 Å². The van der Waals surface area contributed by atoms with Gasteiger partial charge in [-0.15, -0.1) is 0 Å². The molecule has 0 saturated carbocycles. The maximum atomic E-state index is 11.8. The van der Waals surface area contributed by atoms with Crippen LogP contribution in [0.1, 0.15) is 53.9 Å². The molecule has 0 bridgehead atoms. The van der Waals surface area contributed by atoms with Gasteiger partial charge in [0.15, 0.2) is 0 Å². The van der Waals surface area contributed by atoms with Crippen LogP contribution in [0, 0.1) is 10.8 Å². The molecule has 1 aliphatic rings. The van der Waals surface area contributed by atoms with E-state index >= 15 is 0 Å². The molecule has 0 aromatic heterocycles. The Morgan fingerprint density at radius 1 is 1.31 bits per heavy atom. The maximum absolute atomic E-state index is 11.8. The second-order valence-electron chi connectivity index (χ2n) is 6.97. The molecular weight excluding hydrogens is 198 g/mol. The van der Waals surface area contributed by atoms with Crippen LogP contribution >= 0.6 is 0 Å². The van der Waals surface area contributed by atoms with Crippen molar-refractivity contribution in [2.75, 3.05) is 19.6 Å². The summed E-state index contributed by atoms with van der Waals surface area (Å²) < 4.78 is 0. The minimum absolute atomic E-state index is 0.175. The highest BCUT2D eigenvalue weighted by Gasteiger charge is 2.27. The lowest BCUT2D eigenvalue weighted by Gasteiger charge is -2.38. The van der Waals surface area contributed by atoms with Gasteiger partial charge in [0.05, 0.1) is 0 Å². The third-order valence-corrected chi connectivity index (χ3v) is 3.47. The summed E-state index contributed by atoms with van der Waals surface area (Å²) in [5.74, 6) is 0.385. The van der Waals surface area contributed by atoms with Gasteiger partial charge in [-0.2, -0.15) is 0 Å². The smallest absolute Gasteiger partial charge is 0.139 e. The van der Waals surface area contributed by atoms with Crippen molar-refractivity contribution in [2.24, 2.45) is 10.8 Å². The number of likely N-dealkylation sites (tertiary alicyclic amines) is 1. The Morgan fingerprint density at radius 3 is 2.44 bits per heavy atom. The first-order chi connectivity index (χ1) is 7.21. The first-order valence-electron chi connectivity index (χ1n) is 6.46. The molecule has 0 aliphatic carbocycles. The lowest BCUT2D eigenvalue weighted by molar-refractivity contribution is -0.126. The van der Waals surface area contributed by atoms with Gasteiger partial charge in [-0.3, -0.25) is 4.79 Å². The molecule has 2 heteroatoms. The van der Waals surface area contributed by atoms with Gasteiger partial charge < -0.3 is 4.90 Å². The van der Waals surface area contributed by atoms with Crippen molar-refractivity contribution >= 4 is 5.78 Å². The molecule has 1 saturated heterocycles. The number of nitrogens with zero attached hydrogens (tertiary/aromatic N) is 1. The van der Waals surface area contributed by atoms with E-state index in [0.717, 1.165) is 13.1 Å². The molecule has 94 valence electrons. The van der Waals surface area contributed by atoms with Crippen molar-refractivity contribution in [1.29, 1.82) is 0 Å². The molecule has 0 aromatic rings. The van der Waals surface area contributed by atoms with Crippen molar-refractivity contribution in [3.8, 4) is 0 Å². The number of rotatable bonds is 3. The topological polar surface area (TPSA) is 20.3 Å². The molecule has 0 atom stereocenters. The van der Waals surface area contributed by atoms with Crippen LogP contribution in [0.3, 0.4) is 0 Å². The van der Waals surface area contributed by atoms with E-state index in [1.54, 1.807) is 0 Å². The van der Waals surface area contributed by atoms with Gasteiger partial charge in [-0.05, 0) is 24.8 Å². The van der Waals surface area contributed by atoms with Crippen LogP contribution in [0.4, 0.5) is 0 Å². The van der Waals surface area contributed by atoms with Crippen LogP contribution in [0.5, 0.6) is 0 Å². The molecule has 1 heterocycles. The molecular formula is C14H27NO. The minimum atomic E-state index is -0.175. The van der Waals surface area contributed by atoms with Crippen molar-refractivity contribution in [3.63, 3.8) is 0 Å². The van der Waals surface area contributed by atoms with E-state index in [2.05, 4.69) is 18.7 Å². The van der Waals surface area contributed by atoms with Gasteiger partial charge in [0.1, 0.15) is 5.78 Å². The quantitative estimate of drug-likeness (QED) is 0.735. The van der Waals surface area contributed by atoms with E-state index in [0.29, 0.717) is 17.6 Å². The van der Waals surface area contributed by atoms with Gasteiger partial charge in [-0.1, -0.05) is 34.6 Å². The Balaban J connectivity index is 2.36. The van der Waals surface area contributed by atoms with Crippen LogP contribution in [0.25, 0.3) is 0 Å². The fourth-order valence-electron chi connectivity index (χ4n) is 2.37. The Hall–Kier alpha value is -0.370. The summed E-state index contributed by atoms with van der Waals surface area (Å²) in [5, 5.41) is 0. The highest BCUT2D eigenvalue weighted by atomic mass is 16.1. The molecule has 2 nitrogen and oxygen atoms in total. The zero-order valence-corrected chi connectivity index (χ0v) is 11.6. The average Bonchev–Trinajstić information content (AvgIpc) is 2.11. The average molecular weight is 225 g/mol. The van der Waals surface area contributed by atoms with E-state index in [-0.39, 0.29) is 5.41 Å².